The van der Waals surface area contributed by atoms with Gasteiger partial charge in [-0.1, -0.05) is 6.92 Å². The Morgan fingerprint density at radius 1 is 1.47 bits per heavy atom. The molecule has 7 heteroatoms. The number of carbonyl (C=O) groups excluding carboxylic acids is 3. The summed E-state index contributed by atoms with van der Waals surface area (Å²) in [5.74, 6) is -1.25. The highest BCUT2D eigenvalue weighted by Crippen LogP contribution is 1.99. The summed E-state index contributed by atoms with van der Waals surface area (Å²) in [5.41, 5.74) is 4.80. The molecule has 94 valence electrons. The van der Waals surface area contributed by atoms with Gasteiger partial charge in [0.05, 0.1) is 0 Å². The topological polar surface area (TPSA) is 96.5 Å². The molecule has 7 nitrogen and oxygen atoms in total. The second-order valence-electron chi connectivity index (χ2n) is 3.42. The van der Waals surface area contributed by atoms with Crippen LogP contribution in [0.1, 0.15) is 19.8 Å². The highest BCUT2D eigenvalue weighted by atomic mass is 16.5. The van der Waals surface area contributed by atoms with Crippen molar-refractivity contribution in [2.45, 2.75) is 19.8 Å². The van der Waals surface area contributed by atoms with E-state index in [2.05, 4.69) is 16.2 Å². The first-order valence-electron chi connectivity index (χ1n) is 5.32. The molecule has 17 heavy (non-hydrogen) atoms. The number of nitrogens with one attached hydrogen (secondary N) is 3. The van der Waals surface area contributed by atoms with Crippen LogP contribution in [0.2, 0.25) is 0 Å². The number of hydrogen-bond acceptors (Lipinski definition) is 5. The molecule has 0 radical (unpaired) electrons. The largest absolute Gasteiger partial charge is 0.451 e. The maximum atomic E-state index is 11.4. The van der Waals surface area contributed by atoms with E-state index in [-0.39, 0.29) is 30.5 Å². The Morgan fingerprint density at radius 2 is 2.24 bits per heavy atom. The molecular formula is C10H15N3O4. The van der Waals surface area contributed by atoms with Crippen molar-refractivity contribution in [3.63, 3.8) is 0 Å². The van der Waals surface area contributed by atoms with E-state index in [4.69, 9.17) is 4.74 Å². The van der Waals surface area contributed by atoms with Gasteiger partial charge in [-0.25, -0.2) is 4.79 Å². The summed E-state index contributed by atoms with van der Waals surface area (Å²) in [5, 5.41) is 2.57. The highest BCUT2D eigenvalue weighted by Gasteiger charge is 2.17. The standard InChI is InChI=1S/C10H15N3O4/c1-2-5-11-9(15)6-17-10(16)7-3-4-8(14)13-12-7/h3,12H,2,4-6H2,1H3,(H,11,15)(H,13,14). The smallest absolute Gasteiger partial charge is 0.356 e. The van der Waals surface area contributed by atoms with Gasteiger partial charge in [-0.15, -0.1) is 0 Å². The van der Waals surface area contributed by atoms with Crippen LogP contribution in [-0.4, -0.2) is 30.9 Å². The zero-order valence-electron chi connectivity index (χ0n) is 9.54. The molecule has 0 unspecified atom stereocenters. The van der Waals surface area contributed by atoms with Crippen molar-refractivity contribution in [1.29, 1.82) is 0 Å². The number of amides is 2. The Labute approximate surface area is 98.5 Å². The van der Waals surface area contributed by atoms with Gasteiger partial charge in [0.25, 0.3) is 5.91 Å². The Hall–Kier alpha value is -2.05. The van der Waals surface area contributed by atoms with Crippen LogP contribution in [0.5, 0.6) is 0 Å². The SMILES string of the molecule is CCCNC(=O)COC(=O)C1=CCC(=O)NN1. The fraction of sp³-hybridized carbons (Fsp3) is 0.500. The first kappa shape index (κ1) is 13.0. The minimum atomic E-state index is -0.670. The quantitative estimate of drug-likeness (QED) is 0.534. The Balaban J connectivity index is 2.30. The van der Waals surface area contributed by atoms with Crippen molar-refractivity contribution >= 4 is 17.8 Å². The molecule has 0 aromatic rings. The van der Waals surface area contributed by atoms with Gasteiger partial charge in [0, 0.05) is 13.0 Å². The van der Waals surface area contributed by atoms with Crippen LogP contribution in [-0.2, 0) is 19.1 Å². The molecule has 0 fully saturated rings. The zero-order chi connectivity index (χ0) is 12.7. The predicted octanol–water partition coefficient (Wildman–Crippen LogP) is -1.04. The molecule has 1 aliphatic heterocycles. The van der Waals surface area contributed by atoms with Crippen LogP contribution in [0.15, 0.2) is 11.8 Å². The summed E-state index contributed by atoms with van der Waals surface area (Å²) in [4.78, 5) is 33.3. The van der Waals surface area contributed by atoms with E-state index >= 15 is 0 Å². The monoisotopic (exact) mass is 241 g/mol. The number of hydrazine groups is 1. The molecule has 0 aliphatic carbocycles. The van der Waals surface area contributed by atoms with E-state index in [0.717, 1.165) is 6.42 Å². The van der Waals surface area contributed by atoms with Crippen molar-refractivity contribution in [3.8, 4) is 0 Å². The fourth-order valence-corrected chi connectivity index (χ4v) is 1.09. The van der Waals surface area contributed by atoms with Gasteiger partial charge in [0.1, 0.15) is 5.70 Å². The maximum Gasteiger partial charge on any atom is 0.356 e. The van der Waals surface area contributed by atoms with Crippen LogP contribution >= 0.6 is 0 Å². The lowest BCUT2D eigenvalue weighted by atomic mass is 10.3. The van der Waals surface area contributed by atoms with Gasteiger partial charge >= 0.3 is 5.97 Å². The number of esters is 1. The van der Waals surface area contributed by atoms with E-state index in [1.165, 1.54) is 6.08 Å². The van der Waals surface area contributed by atoms with Crippen molar-refractivity contribution in [3.05, 3.63) is 11.8 Å². The third-order valence-electron chi connectivity index (χ3n) is 1.95. The number of rotatable bonds is 5. The summed E-state index contributed by atoms with van der Waals surface area (Å²) >= 11 is 0. The molecule has 1 heterocycles. The maximum absolute atomic E-state index is 11.4. The summed E-state index contributed by atoms with van der Waals surface area (Å²) in [6.45, 7) is 2.14. The number of hydrogen-bond donors (Lipinski definition) is 3. The van der Waals surface area contributed by atoms with Gasteiger partial charge in [-0.2, -0.15) is 0 Å². The second kappa shape index (κ2) is 6.51. The number of carbonyl (C=O) groups is 3. The number of ether oxygens (including phenoxy) is 1. The zero-order valence-corrected chi connectivity index (χ0v) is 9.54. The van der Waals surface area contributed by atoms with E-state index in [1.807, 2.05) is 6.92 Å². The van der Waals surface area contributed by atoms with Crippen LogP contribution in [0, 0.1) is 0 Å². The van der Waals surface area contributed by atoms with Gasteiger partial charge in [0.2, 0.25) is 5.91 Å². The van der Waals surface area contributed by atoms with Gasteiger partial charge in [-0.3, -0.25) is 20.4 Å². The van der Waals surface area contributed by atoms with Crippen LogP contribution in [0.4, 0.5) is 0 Å². The lowest BCUT2D eigenvalue weighted by Crippen LogP contribution is -2.42. The molecule has 0 saturated heterocycles. The van der Waals surface area contributed by atoms with Gasteiger partial charge in [-0.05, 0) is 12.5 Å². The lowest BCUT2D eigenvalue weighted by Gasteiger charge is -2.15. The molecule has 0 atom stereocenters. The molecule has 0 aromatic heterocycles. The first-order chi connectivity index (χ1) is 8.13. The van der Waals surface area contributed by atoms with E-state index in [0.29, 0.717) is 6.54 Å². The normalized spacial score (nSPS) is 14.2. The predicted molar refractivity (Wildman–Crippen MR) is 58.2 cm³/mol. The van der Waals surface area contributed by atoms with Crippen molar-refractivity contribution in [1.82, 2.24) is 16.2 Å². The fourth-order valence-electron chi connectivity index (χ4n) is 1.09. The average Bonchev–Trinajstić information content (AvgIpc) is 2.34. The Bertz CT molecular complexity index is 351. The van der Waals surface area contributed by atoms with Crippen LogP contribution in [0.3, 0.4) is 0 Å². The lowest BCUT2D eigenvalue weighted by molar-refractivity contribution is -0.145. The Morgan fingerprint density at radius 3 is 2.82 bits per heavy atom. The molecule has 0 bridgehead atoms. The minimum Gasteiger partial charge on any atom is -0.451 e. The van der Waals surface area contributed by atoms with Crippen LogP contribution < -0.4 is 16.2 Å². The Kier molecular flexibility index (Phi) is 4.99. The van der Waals surface area contributed by atoms with Crippen molar-refractivity contribution in [2.75, 3.05) is 13.2 Å². The molecule has 2 amide bonds. The van der Waals surface area contributed by atoms with E-state index in [1.54, 1.807) is 0 Å². The summed E-state index contributed by atoms with van der Waals surface area (Å²) in [6.07, 6.45) is 2.34. The molecule has 0 spiro atoms. The van der Waals surface area contributed by atoms with Crippen molar-refractivity contribution in [2.24, 2.45) is 0 Å². The highest BCUT2D eigenvalue weighted by molar-refractivity contribution is 5.92. The van der Waals surface area contributed by atoms with Gasteiger partial charge < -0.3 is 10.1 Å². The average molecular weight is 241 g/mol. The molecule has 1 aliphatic rings. The van der Waals surface area contributed by atoms with Gasteiger partial charge in [0.15, 0.2) is 6.61 Å². The van der Waals surface area contributed by atoms with E-state index < -0.39 is 5.97 Å². The molecule has 1 rings (SSSR count). The summed E-state index contributed by atoms with van der Waals surface area (Å²) in [7, 11) is 0. The summed E-state index contributed by atoms with van der Waals surface area (Å²) in [6, 6.07) is 0. The first-order valence-corrected chi connectivity index (χ1v) is 5.32. The van der Waals surface area contributed by atoms with Crippen LogP contribution in [0.25, 0.3) is 0 Å². The minimum absolute atomic E-state index is 0.111. The second-order valence-corrected chi connectivity index (χ2v) is 3.42. The third-order valence-corrected chi connectivity index (χ3v) is 1.95. The molecule has 0 aromatic carbocycles. The summed E-state index contributed by atoms with van der Waals surface area (Å²) < 4.78 is 4.74. The molecule has 3 N–H and O–H groups in total. The molecule has 0 saturated carbocycles. The van der Waals surface area contributed by atoms with E-state index in [9.17, 15) is 14.4 Å². The third kappa shape index (κ3) is 4.54. The van der Waals surface area contributed by atoms with Crippen molar-refractivity contribution < 1.29 is 19.1 Å². The molecular weight excluding hydrogens is 226 g/mol.